The third kappa shape index (κ3) is 2.88. The lowest BCUT2D eigenvalue weighted by Crippen LogP contribution is -2.39. The van der Waals surface area contributed by atoms with Crippen LogP contribution in [0.1, 0.15) is 11.7 Å². The number of pyridine rings is 1. The monoisotopic (exact) mass is 319 g/mol. The van der Waals surface area contributed by atoms with Crippen LogP contribution in [0.4, 0.5) is 11.5 Å². The second kappa shape index (κ2) is 6.29. The minimum Gasteiger partial charge on any atom is -0.370 e. The van der Waals surface area contributed by atoms with Gasteiger partial charge in [0.15, 0.2) is 0 Å². The van der Waals surface area contributed by atoms with Crippen LogP contribution < -0.4 is 4.90 Å². The Morgan fingerprint density at radius 3 is 2.91 bits per heavy atom. The van der Waals surface area contributed by atoms with Gasteiger partial charge in [-0.15, -0.1) is 0 Å². The maximum Gasteiger partial charge on any atom is 0.311 e. The van der Waals surface area contributed by atoms with Crippen LogP contribution >= 0.6 is 11.6 Å². The second-order valence-electron chi connectivity index (χ2n) is 4.93. The van der Waals surface area contributed by atoms with Gasteiger partial charge in [-0.3, -0.25) is 10.1 Å². The fourth-order valence-electron chi connectivity index (χ4n) is 2.54. The summed E-state index contributed by atoms with van der Waals surface area (Å²) in [5.74, 6) is 0.368. The molecule has 0 aliphatic carbocycles. The number of aromatic nitrogens is 1. The van der Waals surface area contributed by atoms with E-state index in [9.17, 15) is 10.1 Å². The van der Waals surface area contributed by atoms with E-state index in [-0.39, 0.29) is 11.8 Å². The van der Waals surface area contributed by atoms with Crippen molar-refractivity contribution in [2.45, 2.75) is 6.10 Å². The molecule has 0 amide bonds. The minimum absolute atomic E-state index is 0.00214. The van der Waals surface area contributed by atoms with Gasteiger partial charge >= 0.3 is 5.69 Å². The zero-order valence-corrected chi connectivity index (χ0v) is 12.4. The highest BCUT2D eigenvalue weighted by atomic mass is 35.5. The number of nitrogens with zero attached hydrogens (tertiary/aromatic N) is 3. The summed E-state index contributed by atoms with van der Waals surface area (Å²) >= 11 is 6.21. The SMILES string of the molecule is O=[N+]([O-])c1cccnc1N1CCOC(c2ccccc2Cl)C1. The minimum atomic E-state index is -0.414. The Labute approximate surface area is 132 Å². The molecule has 114 valence electrons. The topological polar surface area (TPSA) is 68.5 Å². The standard InChI is InChI=1S/C15H14ClN3O3/c16-12-5-2-1-4-11(12)14-10-18(8-9-22-14)15-13(19(20)21)6-3-7-17-15/h1-7,14H,8-10H2. The van der Waals surface area contributed by atoms with Gasteiger partial charge in [0, 0.05) is 29.4 Å². The number of ether oxygens (including phenoxy) is 1. The van der Waals surface area contributed by atoms with Gasteiger partial charge in [0.05, 0.1) is 18.1 Å². The van der Waals surface area contributed by atoms with Crippen LogP contribution in [0.5, 0.6) is 0 Å². The van der Waals surface area contributed by atoms with Crippen molar-refractivity contribution in [3.05, 3.63) is 63.3 Å². The number of anilines is 1. The summed E-state index contributed by atoms with van der Waals surface area (Å²) in [6, 6.07) is 10.5. The molecule has 1 aromatic carbocycles. The zero-order chi connectivity index (χ0) is 15.5. The van der Waals surface area contributed by atoms with Gasteiger partial charge in [-0.2, -0.15) is 0 Å². The van der Waals surface area contributed by atoms with Gasteiger partial charge in [-0.25, -0.2) is 4.98 Å². The van der Waals surface area contributed by atoms with Gasteiger partial charge in [0.25, 0.3) is 0 Å². The molecule has 1 unspecified atom stereocenters. The van der Waals surface area contributed by atoms with E-state index < -0.39 is 4.92 Å². The first-order chi connectivity index (χ1) is 10.7. The molecule has 6 nitrogen and oxygen atoms in total. The first-order valence-corrected chi connectivity index (χ1v) is 7.25. The average Bonchev–Trinajstić information content (AvgIpc) is 2.55. The molecule has 1 aliphatic rings. The Morgan fingerprint density at radius 2 is 2.14 bits per heavy atom. The van der Waals surface area contributed by atoms with Crippen molar-refractivity contribution in [1.29, 1.82) is 0 Å². The van der Waals surface area contributed by atoms with E-state index >= 15 is 0 Å². The Kier molecular flexibility index (Phi) is 4.22. The van der Waals surface area contributed by atoms with E-state index in [1.165, 1.54) is 6.07 Å². The molecule has 0 spiro atoms. The van der Waals surface area contributed by atoms with Crippen molar-refractivity contribution in [3.63, 3.8) is 0 Å². The van der Waals surface area contributed by atoms with Crippen molar-refractivity contribution in [2.75, 3.05) is 24.6 Å². The average molecular weight is 320 g/mol. The summed E-state index contributed by atoms with van der Waals surface area (Å²) in [7, 11) is 0. The van der Waals surface area contributed by atoms with Crippen molar-refractivity contribution in [3.8, 4) is 0 Å². The molecule has 1 aliphatic heterocycles. The molecule has 2 aromatic rings. The van der Waals surface area contributed by atoms with Gasteiger partial charge < -0.3 is 9.64 Å². The second-order valence-corrected chi connectivity index (χ2v) is 5.34. The maximum absolute atomic E-state index is 11.2. The quantitative estimate of drug-likeness (QED) is 0.642. The number of hydrogen-bond donors (Lipinski definition) is 0. The van der Waals surface area contributed by atoms with Gasteiger partial charge in [0.1, 0.15) is 6.10 Å². The molecule has 1 aromatic heterocycles. The van der Waals surface area contributed by atoms with Crippen LogP contribution in [-0.2, 0) is 4.74 Å². The third-order valence-corrected chi connectivity index (χ3v) is 3.93. The fraction of sp³-hybridized carbons (Fsp3) is 0.267. The molecule has 7 heteroatoms. The molecule has 0 saturated carbocycles. The summed E-state index contributed by atoms with van der Waals surface area (Å²) in [6.07, 6.45) is 1.33. The molecule has 1 atom stereocenters. The summed E-state index contributed by atoms with van der Waals surface area (Å²) in [5.41, 5.74) is 0.884. The molecular weight excluding hydrogens is 306 g/mol. The molecule has 0 N–H and O–H groups in total. The lowest BCUT2D eigenvalue weighted by Gasteiger charge is -2.33. The molecule has 1 fully saturated rings. The highest BCUT2D eigenvalue weighted by Crippen LogP contribution is 2.32. The Morgan fingerprint density at radius 1 is 1.32 bits per heavy atom. The van der Waals surface area contributed by atoms with Gasteiger partial charge in [0.2, 0.25) is 5.82 Å². The number of hydrogen-bond acceptors (Lipinski definition) is 5. The smallest absolute Gasteiger partial charge is 0.311 e. The van der Waals surface area contributed by atoms with E-state index in [0.717, 1.165) is 5.56 Å². The van der Waals surface area contributed by atoms with Crippen LogP contribution in [0.15, 0.2) is 42.6 Å². The summed E-state index contributed by atoms with van der Waals surface area (Å²) in [6.45, 7) is 1.49. The molecule has 0 radical (unpaired) electrons. The van der Waals surface area contributed by atoms with Gasteiger partial charge in [-0.05, 0) is 12.1 Å². The number of halogens is 1. The molecule has 1 saturated heterocycles. The van der Waals surface area contributed by atoms with E-state index in [1.807, 2.05) is 29.2 Å². The number of rotatable bonds is 3. The Bertz CT molecular complexity index is 695. The summed E-state index contributed by atoms with van der Waals surface area (Å²) < 4.78 is 5.77. The van der Waals surface area contributed by atoms with E-state index in [1.54, 1.807) is 12.3 Å². The number of nitro groups is 1. The van der Waals surface area contributed by atoms with Crippen molar-refractivity contribution < 1.29 is 9.66 Å². The van der Waals surface area contributed by atoms with Crippen LogP contribution in [-0.4, -0.2) is 29.6 Å². The van der Waals surface area contributed by atoms with Gasteiger partial charge in [-0.1, -0.05) is 29.8 Å². The maximum atomic E-state index is 11.2. The highest BCUT2D eigenvalue weighted by Gasteiger charge is 2.28. The Balaban J connectivity index is 1.88. The summed E-state index contributed by atoms with van der Waals surface area (Å²) in [5, 5.41) is 11.8. The predicted octanol–water partition coefficient (Wildman–Crippen LogP) is 3.22. The number of morpholine rings is 1. The largest absolute Gasteiger partial charge is 0.370 e. The van der Waals surface area contributed by atoms with Crippen molar-refractivity contribution in [2.24, 2.45) is 0 Å². The van der Waals surface area contributed by atoms with E-state index in [0.29, 0.717) is 30.5 Å². The molecule has 0 bridgehead atoms. The van der Waals surface area contributed by atoms with Crippen LogP contribution in [0, 0.1) is 10.1 Å². The fourth-order valence-corrected chi connectivity index (χ4v) is 2.80. The lowest BCUT2D eigenvalue weighted by molar-refractivity contribution is -0.384. The number of benzene rings is 1. The van der Waals surface area contributed by atoms with Crippen LogP contribution in [0.2, 0.25) is 5.02 Å². The Hall–Kier alpha value is -2.18. The molecule has 22 heavy (non-hydrogen) atoms. The van der Waals surface area contributed by atoms with Crippen LogP contribution in [0.3, 0.4) is 0 Å². The van der Waals surface area contributed by atoms with E-state index in [2.05, 4.69) is 4.98 Å². The van der Waals surface area contributed by atoms with Crippen molar-refractivity contribution >= 4 is 23.1 Å². The zero-order valence-electron chi connectivity index (χ0n) is 11.7. The third-order valence-electron chi connectivity index (χ3n) is 3.58. The lowest BCUT2D eigenvalue weighted by atomic mass is 10.1. The van der Waals surface area contributed by atoms with Crippen molar-refractivity contribution in [1.82, 2.24) is 4.98 Å². The summed E-state index contributed by atoms with van der Waals surface area (Å²) in [4.78, 5) is 16.8. The van der Waals surface area contributed by atoms with Crippen LogP contribution in [0.25, 0.3) is 0 Å². The first kappa shape index (κ1) is 14.7. The van der Waals surface area contributed by atoms with E-state index in [4.69, 9.17) is 16.3 Å². The highest BCUT2D eigenvalue weighted by molar-refractivity contribution is 6.31. The normalized spacial score (nSPS) is 18.2. The molecule has 2 heterocycles. The predicted molar refractivity (Wildman–Crippen MR) is 83.2 cm³/mol. The first-order valence-electron chi connectivity index (χ1n) is 6.87. The molecule has 3 rings (SSSR count). The molecular formula is C15H14ClN3O3.